The molecule has 7 nitrogen and oxygen atoms in total. The average molecular weight is 481 g/mol. The van der Waals surface area contributed by atoms with Gasteiger partial charge in [-0.2, -0.15) is 0 Å². The summed E-state index contributed by atoms with van der Waals surface area (Å²) in [6.07, 6.45) is 1.94. The lowest BCUT2D eigenvalue weighted by molar-refractivity contribution is 0.146. The third-order valence-corrected chi connectivity index (χ3v) is 4.71. The molecule has 0 saturated heterocycles. The van der Waals surface area contributed by atoms with E-state index in [4.69, 9.17) is 4.74 Å². The summed E-state index contributed by atoms with van der Waals surface area (Å²) in [7, 11) is 3.74. The summed E-state index contributed by atoms with van der Waals surface area (Å²) in [6, 6.07) is 0.0655. The maximum atomic E-state index is 11.7. The Morgan fingerprint density at radius 3 is 2.80 bits per heavy atom. The zero-order valence-corrected chi connectivity index (χ0v) is 18.4. The summed E-state index contributed by atoms with van der Waals surface area (Å²) in [5.74, 6) is 1.31. The van der Waals surface area contributed by atoms with Crippen LogP contribution in [0.25, 0.3) is 0 Å². The van der Waals surface area contributed by atoms with E-state index in [0.29, 0.717) is 25.6 Å². The molecule has 0 aromatic carbocycles. The number of aryl methyl sites for hydroxylation is 1. The van der Waals surface area contributed by atoms with Crippen LogP contribution in [0.15, 0.2) is 10.4 Å². The molecule has 1 aliphatic carbocycles. The van der Waals surface area contributed by atoms with E-state index in [1.54, 1.807) is 25.3 Å². The van der Waals surface area contributed by atoms with Crippen molar-refractivity contribution in [2.45, 2.75) is 39.3 Å². The highest BCUT2D eigenvalue weighted by Gasteiger charge is 2.32. The van der Waals surface area contributed by atoms with Crippen molar-refractivity contribution < 1.29 is 9.53 Å². The number of alkyl carbamates (subject to hydrolysis) is 1. The summed E-state index contributed by atoms with van der Waals surface area (Å²) in [5, 5.41) is 9.42. The highest BCUT2D eigenvalue weighted by atomic mass is 127. The molecule has 1 saturated carbocycles. The zero-order valence-electron chi connectivity index (χ0n) is 15.2. The molecule has 2 N–H and O–H groups in total. The molecule has 1 unspecified atom stereocenters. The second-order valence-corrected chi connectivity index (χ2v) is 7.01. The Bertz CT molecular complexity index is 577. The van der Waals surface area contributed by atoms with Gasteiger partial charge in [-0.15, -0.1) is 35.3 Å². The fourth-order valence-corrected chi connectivity index (χ4v) is 3.15. The molecule has 25 heavy (non-hydrogen) atoms. The van der Waals surface area contributed by atoms with Gasteiger partial charge >= 0.3 is 6.09 Å². The lowest BCUT2D eigenvalue weighted by atomic mass is 10.2. The Morgan fingerprint density at radius 2 is 2.28 bits per heavy atom. The van der Waals surface area contributed by atoms with Gasteiger partial charge in [-0.25, -0.2) is 9.78 Å². The van der Waals surface area contributed by atoms with Crippen LogP contribution >= 0.6 is 35.3 Å². The smallest absolute Gasteiger partial charge is 0.407 e. The minimum atomic E-state index is -0.350. The van der Waals surface area contributed by atoms with E-state index in [1.807, 2.05) is 18.9 Å². The van der Waals surface area contributed by atoms with Crippen molar-refractivity contribution in [1.82, 2.24) is 20.5 Å². The number of carbonyl (C=O) groups excluding carboxylic acids is 1. The second kappa shape index (κ2) is 10.8. The summed E-state index contributed by atoms with van der Waals surface area (Å²) in [4.78, 5) is 22.5. The fraction of sp³-hybridized carbons (Fsp3) is 0.688. The molecule has 1 fully saturated rings. The number of hydrogen-bond acceptors (Lipinski definition) is 5. The monoisotopic (exact) mass is 481 g/mol. The van der Waals surface area contributed by atoms with E-state index in [-0.39, 0.29) is 36.1 Å². The number of ether oxygens (including phenoxy) is 1. The number of nitrogens with zero attached hydrogens (tertiary/aromatic N) is 3. The van der Waals surface area contributed by atoms with E-state index >= 15 is 0 Å². The molecule has 2 rings (SSSR count). The van der Waals surface area contributed by atoms with Crippen LogP contribution in [0.5, 0.6) is 0 Å². The third-order valence-electron chi connectivity index (χ3n) is 3.89. The molecular formula is C16H28IN5O2S. The zero-order chi connectivity index (χ0) is 17.5. The van der Waals surface area contributed by atoms with Crippen LogP contribution in [0, 0.1) is 12.8 Å². The Morgan fingerprint density at radius 1 is 1.56 bits per heavy atom. The molecule has 142 valence electrons. The normalized spacial score (nSPS) is 15.1. The first kappa shape index (κ1) is 21.9. The molecule has 1 amide bonds. The van der Waals surface area contributed by atoms with Crippen molar-refractivity contribution in [2.24, 2.45) is 10.9 Å². The number of guanidine groups is 1. The third kappa shape index (κ3) is 7.35. The van der Waals surface area contributed by atoms with E-state index in [2.05, 4.69) is 26.0 Å². The number of carbonyl (C=O) groups is 1. The van der Waals surface area contributed by atoms with E-state index in [9.17, 15) is 4.79 Å². The molecule has 1 aliphatic rings. The van der Waals surface area contributed by atoms with Crippen molar-refractivity contribution in [3.8, 4) is 0 Å². The molecular weight excluding hydrogens is 453 g/mol. The number of thiazole rings is 1. The predicted octanol–water partition coefficient (Wildman–Crippen LogP) is 2.60. The van der Waals surface area contributed by atoms with Crippen LogP contribution in [0.1, 0.15) is 30.5 Å². The van der Waals surface area contributed by atoms with E-state index in [0.717, 1.165) is 29.5 Å². The van der Waals surface area contributed by atoms with Crippen molar-refractivity contribution in [3.05, 3.63) is 16.1 Å². The molecule has 0 spiro atoms. The molecule has 1 atom stereocenters. The highest BCUT2D eigenvalue weighted by Crippen LogP contribution is 2.32. The van der Waals surface area contributed by atoms with Crippen molar-refractivity contribution in [1.29, 1.82) is 0 Å². The Hall–Kier alpha value is -1.10. The summed E-state index contributed by atoms with van der Waals surface area (Å²) < 4.78 is 4.99. The van der Waals surface area contributed by atoms with Crippen LogP contribution in [-0.2, 0) is 11.3 Å². The minimum absolute atomic E-state index is 0. The first-order chi connectivity index (χ1) is 11.5. The predicted molar refractivity (Wildman–Crippen MR) is 112 cm³/mol. The summed E-state index contributed by atoms with van der Waals surface area (Å²) >= 11 is 1.65. The van der Waals surface area contributed by atoms with Crippen molar-refractivity contribution >= 4 is 47.4 Å². The number of aliphatic imine (C=N–C) groups is 1. The van der Waals surface area contributed by atoms with Gasteiger partial charge in [0.25, 0.3) is 0 Å². The Labute approximate surface area is 170 Å². The van der Waals surface area contributed by atoms with Gasteiger partial charge in [0, 0.05) is 26.0 Å². The second-order valence-electron chi connectivity index (χ2n) is 5.95. The molecule has 0 bridgehead atoms. The first-order valence-corrected chi connectivity index (χ1v) is 9.17. The largest absolute Gasteiger partial charge is 0.450 e. The maximum Gasteiger partial charge on any atom is 0.407 e. The van der Waals surface area contributed by atoms with Crippen LogP contribution in [0.2, 0.25) is 0 Å². The van der Waals surface area contributed by atoms with Crippen molar-refractivity contribution in [2.75, 3.05) is 27.2 Å². The average Bonchev–Trinajstić information content (AvgIpc) is 3.30. The van der Waals surface area contributed by atoms with Gasteiger partial charge in [-0.1, -0.05) is 0 Å². The summed E-state index contributed by atoms with van der Waals surface area (Å²) in [5.41, 5.74) is 1.03. The number of hydrogen-bond donors (Lipinski definition) is 2. The first-order valence-electron chi connectivity index (χ1n) is 8.29. The van der Waals surface area contributed by atoms with Gasteiger partial charge in [0.15, 0.2) is 5.96 Å². The molecule has 9 heteroatoms. The van der Waals surface area contributed by atoms with Gasteiger partial charge in [0.1, 0.15) is 0 Å². The van der Waals surface area contributed by atoms with Gasteiger partial charge in [-0.3, -0.25) is 4.99 Å². The lowest BCUT2D eigenvalue weighted by Gasteiger charge is -2.24. The van der Waals surface area contributed by atoms with E-state index in [1.165, 1.54) is 0 Å². The number of halogens is 1. The number of nitrogens with one attached hydrogen (secondary N) is 2. The molecule has 0 aliphatic heterocycles. The van der Waals surface area contributed by atoms with Crippen LogP contribution < -0.4 is 10.6 Å². The Kier molecular flexibility index (Phi) is 9.47. The summed E-state index contributed by atoms with van der Waals surface area (Å²) in [6.45, 7) is 5.53. The number of rotatable bonds is 7. The van der Waals surface area contributed by atoms with Gasteiger partial charge in [-0.05, 0) is 32.6 Å². The molecule has 1 heterocycles. The van der Waals surface area contributed by atoms with Crippen LogP contribution in [-0.4, -0.2) is 55.2 Å². The molecule has 0 radical (unpaired) electrons. The van der Waals surface area contributed by atoms with Gasteiger partial charge in [0.2, 0.25) is 0 Å². The topological polar surface area (TPSA) is 78.8 Å². The van der Waals surface area contributed by atoms with Crippen LogP contribution in [0.4, 0.5) is 4.79 Å². The quantitative estimate of drug-likeness (QED) is 0.356. The van der Waals surface area contributed by atoms with Crippen LogP contribution in [0.3, 0.4) is 0 Å². The van der Waals surface area contributed by atoms with E-state index < -0.39 is 0 Å². The number of aromatic nitrogens is 1. The lowest BCUT2D eigenvalue weighted by Crippen LogP contribution is -2.48. The Balaban J connectivity index is 0.00000312. The fourth-order valence-electron chi connectivity index (χ4n) is 2.54. The highest BCUT2D eigenvalue weighted by molar-refractivity contribution is 14.0. The maximum absolute atomic E-state index is 11.7. The number of amides is 1. The van der Waals surface area contributed by atoms with Crippen molar-refractivity contribution in [3.63, 3.8) is 0 Å². The molecule has 1 aromatic rings. The SMILES string of the molecule is CCOC(=O)NC(CNC(=NC)N(C)Cc1csc(C)n1)C1CC1.I. The molecule has 1 aromatic heterocycles. The standard InChI is InChI=1S/C16H27N5O2S.HI/c1-5-23-16(22)20-14(12-6-7-12)8-18-15(17-3)21(4)9-13-10-24-11(2)19-13;/h10,12,14H,5-9H2,1-4H3,(H,17,18)(H,20,22);1H. The van der Waals surface area contributed by atoms with Gasteiger partial charge < -0.3 is 20.3 Å². The minimum Gasteiger partial charge on any atom is -0.450 e. The van der Waals surface area contributed by atoms with Gasteiger partial charge in [0.05, 0.1) is 29.9 Å².